The monoisotopic (exact) mass is 342 g/mol. The third-order valence-corrected chi connectivity index (χ3v) is 3.41. The predicted octanol–water partition coefficient (Wildman–Crippen LogP) is 3.28. The summed E-state index contributed by atoms with van der Waals surface area (Å²) in [7, 11) is 0. The van der Waals surface area contributed by atoms with Gasteiger partial charge in [0.05, 0.1) is 11.9 Å². The van der Waals surface area contributed by atoms with Crippen LogP contribution in [0.1, 0.15) is 10.4 Å². The second-order valence-electron chi connectivity index (χ2n) is 4.34. The first-order valence-electron chi connectivity index (χ1n) is 6.24. The maximum absolute atomic E-state index is 12.1. The molecule has 0 fully saturated rings. The lowest BCUT2D eigenvalue weighted by atomic mass is 10.2. The van der Waals surface area contributed by atoms with Crippen molar-refractivity contribution in [2.75, 3.05) is 5.32 Å². The number of rotatable bonds is 3. The van der Waals surface area contributed by atoms with E-state index in [2.05, 4.69) is 31.2 Å². The first-order valence-corrected chi connectivity index (χ1v) is 7.03. The molecule has 0 aliphatic heterocycles. The summed E-state index contributed by atoms with van der Waals surface area (Å²) in [5.74, 6) is 0.578. The van der Waals surface area contributed by atoms with E-state index in [0.717, 1.165) is 10.3 Å². The van der Waals surface area contributed by atoms with Crippen LogP contribution in [-0.2, 0) is 0 Å². The summed E-state index contributed by atoms with van der Waals surface area (Å²) in [5, 5.41) is 2.81. The Morgan fingerprint density at radius 3 is 2.57 bits per heavy atom. The third kappa shape index (κ3) is 3.17. The van der Waals surface area contributed by atoms with Crippen LogP contribution in [0, 0.1) is 0 Å². The number of anilines is 1. The van der Waals surface area contributed by atoms with Gasteiger partial charge in [0.15, 0.2) is 0 Å². The smallest absolute Gasteiger partial charge is 0.255 e. The quantitative estimate of drug-likeness (QED) is 0.794. The highest BCUT2D eigenvalue weighted by molar-refractivity contribution is 9.10. The number of carbonyl (C=O) groups excluding carboxylic acids is 1. The lowest BCUT2D eigenvalue weighted by molar-refractivity contribution is 0.102. The lowest BCUT2D eigenvalue weighted by Crippen LogP contribution is -2.12. The molecule has 2 heterocycles. The molecule has 1 amide bonds. The van der Waals surface area contributed by atoms with Crippen LogP contribution in [-0.4, -0.2) is 20.4 Å². The van der Waals surface area contributed by atoms with E-state index >= 15 is 0 Å². The van der Waals surface area contributed by atoms with Crippen molar-refractivity contribution in [2.24, 2.45) is 0 Å². The largest absolute Gasteiger partial charge is 0.321 e. The van der Waals surface area contributed by atoms with E-state index in [9.17, 15) is 4.79 Å². The molecule has 104 valence electrons. The Bertz CT molecular complexity index is 736. The second-order valence-corrected chi connectivity index (χ2v) is 5.25. The van der Waals surface area contributed by atoms with Crippen LogP contribution in [0.25, 0.3) is 5.82 Å². The van der Waals surface area contributed by atoms with Gasteiger partial charge >= 0.3 is 0 Å². The van der Waals surface area contributed by atoms with Crippen molar-refractivity contribution in [1.29, 1.82) is 0 Å². The number of halogens is 1. The molecule has 0 saturated carbocycles. The number of benzene rings is 1. The standard InChI is InChI=1S/C15H11BrN4O/c16-12-3-1-11(2-4-12)15(21)19-13-5-6-14(18-9-13)20-8-7-17-10-20/h1-10H,(H,19,21). The molecule has 6 heteroatoms. The molecule has 3 rings (SSSR count). The zero-order valence-corrected chi connectivity index (χ0v) is 12.5. The number of imidazole rings is 1. The molecule has 0 bridgehead atoms. The van der Waals surface area contributed by atoms with Crippen LogP contribution in [0.15, 0.2) is 65.8 Å². The van der Waals surface area contributed by atoms with Gasteiger partial charge < -0.3 is 5.32 Å². The summed E-state index contributed by atoms with van der Waals surface area (Å²) in [6, 6.07) is 10.8. The Kier molecular flexibility index (Phi) is 3.79. The predicted molar refractivity (Wildman–Crippen MR) is 83.5 cm³/mol. The number of carbonyl (C=O) groups is 1. The zero-order valence-electron chi connectivity index (χ0n) is 10.9. The van der Waals surface area contributed by atoms with Gasteiger partial charge in [-0.05, 0) is 36.4 Å². The summed E-state index contributed by atoms with van der Waals surface area (Å²) in [6.07, 6.45) is 6.78. The van der Waals surface area contributed by atoms with Crippen LogP contribution < -0.4 is 5.32 Å². The van der Waals surface area contributed by atoms with Crippen LogP contribution in [0.2, 0.25) is 0 Å². The number of hydrogen-bond donors (Lipinski definition) is 1. The van der Waals surface area contributed by atoms with Crippen LogP contribution in [0.3, 0.4) is 0 Å². The maximum Gasteiger partial charge on any atom is 0.255 e. The minimum absolute atomic E-state index is 0.167. The minimum Gasteiger partial charge on any atom is -0.321 e. The van der Waals surface area contributed by atoms with Gasteiger partial charge in [-0.2, -0.15) is 0 Å². The van der Waals surface area contributed by atoms with E-state index in [1.807, 2.05) is 24.4 Å². The third-order valence-electron chi connectivity index (χ3n) is 2.88. The molecule has 21 heavy (non-hydrogen) atoms. The number of pyridine rings is 1. The average molecular weight is 343 g/mol. The fraction of sp³-hybridized carbons (Fsp3) is 0. The van der Waals surface area contributed by atoms with Gasteiger partial charge in [0.1, 0.15) is 12.1 Å². The van der Waals surface area contributed by atoms with E-state index < -0.39 is 0 Å². The Morgan fingerprint density at radius 1 is 1.14 bits per heavy atom. The number of nitrogens with one attached hydrogen (secondary N) is 1. The minimum atomic E-state index is -0.167. The molecule has 1 N–H and O–H groups in total. The first kappa shape index (κ1) is 13.5. The Balaban J connectivity index is 1.73. The molecule has 0 atom stereocenters. The van der Waals surface area contributed by atoms with E-state index in [-0.39, 0.29) is 5.91 Å². The second kappa shape index (κ2) is 5.88. The molecular formula is C15H11BrN4O. The van der Waals surface area contributed by atoms with E-state index in [1.165, 1.54) is 0 Å². The first-order chi connectivity index (χ1) is 10.2. The van der Waals surface area contributed by atoms with Crippen molar-refractivity contribution in [2.45, 2.75) is 0 Å². The van der Waals surface area contributed by atoms with Crippen molar-refractivity contribution in [1.82, 2.24) is 14.5 Å². The maximum atomic E-state index is 12.1. The molecule has 5 nitrogen and oxygen atoms in total. The van der Waals surface area contributed by atoms with Crippen LogP contribution in [0.5, 0.6) is 0 Å². The van der Waals surface area contributed by atoms with Crippen molar-refractivity contribution < 1.29 is 4.79 Å². The van der Waals surface area contributed by atoms with Gasteiger partial charge in [-0.15, -0.1) is 0 Å². The molecule has 3 aromatic rings. The molecule has 0 saturated heterocycles. The number of aromatic nitrogens is 3. The van der Waals surface area contributed by atoms with Crippen molar-refractivity contribution in [3.8, 4) is 5.82 Å². The summed E-state index contributed by atoms with van der Waals surface area (Å²) >= 11 is 3.34. The van der Waals surface area contributed by atoms with Gasteiger partial charge in [-0.3, -0.25) is 9.36 Å². The van der Waals surface area contributed by atoms with Crippen molar-refractivity contribution in [3.05, 3.63) is 71.4 Å². The fourth-order valence-corrected chi connectivity index (χ4v) is 2.08. The number of amides is 1. The van der Waals surface area contributed by atoms with E-state index in [1.54, 1.807) is 41.5 Å². The summed E-state index contributed by atoms with van der Waals surface area (Å²) < 4.78 is 2.73. The number of hydrogen-bond acceptors (Lipinski definition) is 3. The Hall–Kier alpha value is -2.47. The van der Waals surface area contributed by atoms with Crippen LogP contribution in [0.4, 0.5) is 5.69 Å². The highest BCUT2D eigenvalue weighted by Crippen LogP contribution is 2.14. The highest BCUT2D eigenvalue weighted by Gasteiger charge is 2.06. The van der Waals surface area contributed by atoms with Gasteiger partial charge in [-0.25, -0.2) is 9.97 Å². The van der Waals surface area contributed by atoms with Gasteiger partial charge in [0.2, 0.25) is 0 Å². The topological polar surface area (TPSA) is 59.8 Å². The molecule has 2 aromatic heterocycles. The zero-order chi connectivity index (χ0) is 14.7. The Labute approximate surface area is 129 Å². The SMILES string of the molecule is O=C(Nc1ccc(-n2ccnc2)nc1)c1ccc(Br)cc1. The molecular weight excluding hydrogens is 332 g/mol. The van der Waals surface area contributed by atoms with Crippen molar-refractivity contribution in [3.63, 3.8) is 0 Å². The summed E-state index contributed by atoms with van der Waals surface area (Å²) in [5.41, 5.74) is 1.24. The number of nitrogens with zero attached hydrogens (tertiary/aromatic N) is 3. The van der Waals surface area contributed by atoms with Crippen LogP contribution >= 0.6 is 15.9 Å². The molecule has 0 unspecified atom stereocenters. The average Bonchev–Trinajstić information content (AvgIpc) is 3.03. The summed E-state index contributed by atoms with van der Waals surface area (Å²) in [6.45, 7) is 0. The van der Waals surface area contributed by atoms with Crippen molar-refractivity contribution >= 4 is 27.5 Å². The fourth-order valence-electron chi connectivity index (χ4n) is 1.81. The molecule has 0 spiro atoms. The highest BCUT2D eigenvalue weighted by atomic mass is 79.9. The molecule has 1 aromatic carbocycles. The lowest BCUT2D eigenvalue weighted by Gasteiger charge is -2.06. The molecule has 0 aliphatic rings. The van der Waals surface area contributed by atoms with Gasteiger partial charge in [0, 0.05) is 22.4 Å². The molecule has 0 radical (unpaired) electrons. The van der Waals surface area contributed by atoms with Gasteiger partial charge in [-0.1, -0.05) is 15.9 Å². The van der Waals surface area contributed by atoms with E-state index in [0.29, 0.717) is 11.3 Å². The van der Waals surface area contributed by atoms with Gasteiger partial charge in [0.25, 0.3) is 5.91 Å². The van der Waals surface area contributed by atoms with E-state index in [4.69, 9.17) is 0 Å². The summed E-state index contributed by atoms with van der Waals surface area (Å²) in [4.78, 5) is 20.3. The molecule has 0 aliphatic carbocycles. The Morgan fingerprint density at radius 2 is 1.95 bits per heavy atom. The normalized spacial score (nSPS) is 10.3.